The zero-order valence-corrected chi connectivity index (χ0v) is 20.8. The number of halogens is 1. The van der Waals surface area contributed by atoms with E-state index in [9.17, 15) is 4.55 Å². The van der Waals surface area contributed by atoms with E-state index in [1.807, 2.05) is 73.7 Å². The van der Waals surface area contributed by atoms with E-state index in [0.717, 1.165) is 47.8 Å². The van der Waals surface area contributed by atoms with Crippen LogP contribution in [0.3, 0.4) is 0 Å². The lowest BCUT2D eigenvalue weighted by atomic mass is 9.99. The Hall–Kier alpha value is -2.53. The third-order valence-electron chi connectivity index (χ3n) is 5.52. The van der Waals surface area contributed by atoms with Gasteiger partial charge in [0, 0.05) is 26.8 Å². The van der Waals surface area contributed by atoms with Crippen molar-refractivity contribution in [1.82, 2.24) is 0 Å². The van der Waals surface area contributed by atoms with Crippen LogP contribution in [0.4, 0.5) is 0 Å². The minimum absolute atomic E-state index is 0.463. The van der Waals surface area contributed by atoms with Crippen LogP contribution in [0, 0.1) is 20.8 Å². The summed E-state index contributed by atoms with van der Waals surface area (Å²) in [5, 5.41) is 0. The van der Waals surface area contributed by atoms with Crippen LogP contribution < -0.4 is 4.74 Å². The smallest absolute Gasteiger partial charge is 0.166 e. The molecule has 0 aromatic heterocycles. The summed E-state index contributed by atoms with van der Waals surface area (Å²) in [6, 6.07) is 28.0. The van der Waals surface area contributed by atoms with Crippen molar-refractivity contribution in [3.63, 3.8) is 0 Å². The van der Waals surface area contributed by atoms with E-state index in [1.165, 1.54) is 5.56 Å². The molecule has 4 rings (SSSR count). The first-order valence-corrected chi connectivity index (χ1v) is 12.4. The average molecular weight is 505 g/mol. The fraction of sp³-hybridized carbons (Fsp3) is 0.143. The monoisotopic (exact) mass is 504 g/mol. The molecule has 162 valence electrons. The molecule has 4 aromatic rings. The van der Waals surface area contributed by atoms with Gasteiger partial charge < -0.3 is 9.29 Å². The van der Waals surface area contributed by atoms with E-state index in [1.54, 1.807) is 0 Å². The fourth-order valence-corrected chi connectivity index (χ4v) is 5.30. The van der Waals surface area contributed by atoms with Crippen molar-refractivity contribution in [2.45, 2.75) is 37.2 Å². The number of rotatable bonds is 6. The lowest BCUT2D eigenvalue weighted by molar-refractivity contribution is 0.306. The number of hydrogen-bond donors (Lipinski definition) is 0. The lowest BCUT2D eigenvalue weighted by Gasteiger charge is -2.18. The van der Waals surface area contributed by atoms with Crippen LogP contribution in [-0.2, 0) is 17.8 Å². The number of ether oxygens (including phenoxy) is 1. The number of aryl methyl sites for hydroxylation is 3. The number of hydrogen-bond acceptors (Lipinski definition) is 2. The predicted molar refractivity (Wildman–Crippen MR) is 136 cm³/mol. The first kappa shape index (κ1) is 22.7. The molecule has 0 amide bonds. The van der Waals surface area contributed by atoms with Gasteiger partial charge in [-0.25, -0.2) is 0 Å². The van der Waals surface area contributed by atoms with Gasteiger partial charge in [0.15, 0.2) is 9.79 Å². The van der Waals surface area contributed by atoms with Crippen molar-refractivity contribution in [2.75, 3.05) is 0 Å². The van der Waals surface area contributed by atoms with Gasteiger partial charge in [0.2, 0.25) is 0 Å². The first-order chi connectivity index (χ1) is 15.4. The van der Waals surface area contributed by atoms with Gasteiger partial charge in [-0.2, -0.15) is 0 Å². The summed E-state index contributed by atoms with van der Waals surface area (Å²) in [7, 11) is 0. The molecule has 0 aliphatic rings. The molecule has 0 spiro atoms. The summed E-state index contributed by atoms with van der Waals surface area (Å²) in [5.74, 6) is 0.790. The highest BCUT2D eigenvalue weighted by atomic mass is 79.9. The molecule has 4 aromatic carbocycles. The van der Waals surface area contributed by atoms with Gasteiger partial charge in [-0.3, -0.25) is 0 Å². The van der Waals surface area contributed by atoms with Crippen LogP contribution in [0.2, 0.25) is 0 Å². The van der Waals surface area contributed by atoms with Crippen molar-refractivity contribution in [2.24, 2.45) is 0 Å². The Balaban J connectivity index is 1.73. The van der Waals surface area contributed by atoms with E-state index in [2.05, 4.69) is 48.0 Å². The second-order valence-corrected chi connectivity index (χ2v) is 10.2. The normalized spacial score (nSPS) is 11.9. The van der Waals surface area contributed by atoms with Crippen LogP contribution in [0.1, 0.15) is 22.3 Å². The van der Waals surface area contributed by atoms with Crippen molar-refractivity contribution >= 4 is 27.1 Å². The van der Waals surface area contributed by atoms with Crippen LogP contribution in [-0.4, -0.2) is 4.55 Å². The van der Waals surface area contributed by atoms with Gasteiger partial charge in [-0.1, -0.05) is 64.0 Å². The van der Waals surface area contributed by atoms with Gasteiger partial charge in [0.25, 0.3) is 0 Å². The van der Waals surface area contributed by atoms with E-state index in [0.29, 0.717) is 6.61 Å². The van der Waals surface area contributed by atoms with Gasteiger partial charge in [0.1, 0.15) is 12.4 Å². The SMILES string of the molecule is Cc1ccc([S+]([O-])c2ccccc2-c2c(C)cccc2OCc2cc(Br)ccc2C)cc1. The molecular weight excluding hydrogens is 480 g/mol. The molecule has 0 radical (unpaired) electrons. The highest BCUT2D eigenvalue weighted by Crippen LogP contribution is 2.39. The van der Waals surface area contributed by atoms with E-state index < -0.39 is 11.2 Å². The van der Waals surface area contributed by atoms with E-state index in [4.69, 9.17) is 4.74 Å². The van der Waals surface area contributed by atoms with Gasteiger partial charge in [-0.15, -0.1) is 0 Å². The fourth-order valence-electron chi connectivity index (χ4n) is 3.68. The molecule has 0 heterocycles. The summed E-state index contributed by atoms with van der Waals surface area (Å²) in [4.78, 5) is 1.58. The summed E-state index contributed by atoms with van der Waals surface area (Å²) in [6.45, 7) is 6.65. The minimum Gasteiger partial charge on any atom is -0.606 e. The molecule has 32 heavy (non-hydrogen) atoms. The molecule has 0 aliphatic heterocycles. The number of benzene rings is 4. The van der Waals surface area contributed by atoms with Gasteiger partial charge >= 0.3 is 0 Å². The second kappa shape index (κ2) is 9.95. The summed E-state index contributed by atoms with van der Waals surface area (Å²) in [6.07, 6.45) is 0. The molecule has 1 unspecified atom stereocenters. The molecule has 4 heteroatoms. The third kappa shape index (κ3) is 4.93. The molecule has 0 N–H and O–H groups in total. The predicted octanol–water partition coefficient (Wildman–Crippen LogP) is 7.79. The van der Waals surface area contributed by atoms with Crippen LogP contribution in [0.5, 0.6) is 5.75 Å². The Bertz CT molecular complexity index is 1230. The van der Waals surface area contributed by atoms with E-state index >= 15 is 0 Å². The molecule has 2 nitrogen and oxygen atoms in total. The maximum absolute atomic E-state index is 13.5. The maximum Gasteiger partial charge on any atom is 0.166 e. The van der Waals surface area contributed by atoms with Crippen LogP contribution in [0.25, 0.3) is 11.1 Å². The molecule has 1 atom stereocenters. The Morgan fingerprint density at radius 3 is 2.34 bits per heavy atom. The van der Waals surface area contributed by atoms with Crippen molar-refractivity contribution in [3.8, 4) is 16.9 Å². The Morgan fingerprint density at radius 1 is 0.812 bits per heavy atom. The second-order valence-electron chi connectivity index (χ2n) is 7.89. The maximum atomic E-state index is 13.5. The minimum atomic E-state index is -1.29. The highest BCUT2D eigenvalue weighted by Gasteiger charge is 2.23. The Kier molecular flexibility index (Phi) is 7.04. The average Bonchev–Trinajstić information content (AvgIpc) is 2.80. The Morgan fingerprint density at radius 2 is 1.56 bits per heavy atom. The quantitative estimate of drug-likeness (QED) is 0.251. The van der Waals surface area contributed by atoms with Gasteiger partial charge in [0.05, 0.1) is 0 Å². The lowest BCUT2D eigenvalue weighted by Crippen LogP contribution is -2.06. The third-order valence-corrected chi connectivity index (χ3v) is 7.47. The largest absolute Gasteiger partial charge is 0.606 e. The molecule has 0 saturated heterocycles. The van der Waals surface area contributed by atoms with Crippen LogP contribution in [0.15, 0.2) is 99.2 Å². The summed E-state index contributed by atoms with van der Waals surface area (Å²) < 4.78 is 20.9. The molecular formula is C28H25BrO2S. The van der Waals surface area contributed by atoms with Crippen molar-refractivity contribution < 1.29 is 9.29 Å². The van der Waals surface area contributed by atoms with E-state index in [-0.39, 0.29) is 0 Å². The topological polar surface area (TPSA) is 32.3 Å². The zero-order valence-electron chi connectivity index (χ0n) is 18.4. The van der Waals surface area contributed by atoms with Crippen molar-refractivity contribution in [1.29, 1.82) is 0 Å². The molecule has 0 aliphatic carbocycles. The highest BCUT2D eigenvalue weighted by molar-refractivity contribution is 9.10. The Labute approximate surface area is 201 Å². The zero-order chi connectivity index (χ0) is 22.7. The summed E-state index contributed by atoms with van der Waals surface area (Å²) in [5.41, 5.74) is 6.46. The standard InChI is InChI=1S/C28H25BrO2S/c1-19-11-15-24(16-12-19)32(30)27-10-5-4-8-25(27)28-21(3)7-6-9-26(28)31-18-22-17-23(29)14-13-20(22)2/h4-17H,18H2,1-3H3. The van der Waals surface area contributed by atoms with Crippen LogP contribution >= 0.6 is 15.9 Å². The summed E-state index contributed by atoms with van der Waals surface area (Å²) >= 11 is 2.26. The molecule has 0 fully saturated rings. The first-order valence-electron chi connectivity index (χ1n) is 10.5. The van der Waals surface area contributed by atoms with Crippen molar-refractivity contribution in [3.05, 3.63) is 112 Å². The molecule has 0 bridgehead atoms. The molecule has 0 saturated carbocycles. The van der Waals surface area contributed by atoms with Gasteiger partial charge in [-0.05, 0) is 79.9 Å².